The molecule has 0 amide bonds. The van der Waals surface area contributed by atoms with E-state index in [-0.39, 0.29) is 25.7 Å². The molecule has 2 rings (SSSR count). The predicted molar refractivity (Wildman–Crippen MR) is 159 cm³/mol. The van der Waals surface area contributed by atoms with Gasteiger partial charge in [0.05, 0.1) is 0 Å². The Morgan fingerprint density at radius 2 is 1.19 bits per heavy atom. The van der Waals surface area contributed by atoms with E-state index in [1.165, 1.54) is 0 Å². The molecule has 0 radical (unpaired) electrons. The zero-order valence-electron chi connectivity index (χ0n) is 25.8. The van der Waals surface area contributed by atoms with Crippen molar-refractivity contribution in [3.05, 3.63) is 0 Å². The van der Waals surface area contributed by atoms with Gasteiger partial charge in [0.25, 0.3) is 0 Å². The Balaban J connectivity index is 1.94. The maximum Gasteiger partial charge on any atom is 0.417 e. The topological polar surface area (TPSA) is 238 Å². The van der Waals surface area contributed by atoms with E-state index in [1.54, 1.807) is 0 Å². The number of nitrogens with two attached hydrogens (primary N) is 2. The highest BCUT2D eigenvalue weighted by molar-refractivity contribution is 7.92. The standard InChI is InChI=1S/C27H46F6N4O8S2/c28-26(29,30)24(41,17-4-2-1-3-5-17)10-14-47(37,44)13-9-21(35)23(40)45-19-7-6-18(16-19)25(42,27(31,32)33)11-15-46(36,43)12-8-20(34)22(38)39/h17-21,36-37,41-42H,1-16,34-35H2,(H,38,39)/t18?,19?,20-,21-,24?,25?,46?,47?/m0/s1. The van der Waals surface area contributed by atoms with Crippen LogP contribution in [-0.4, -0.2) is 100 Å². The van der Waals surface area contributed by atoms with Gasteiger partial charge in [-0.1, -0.05) is 19.3 Å². The Hall–Kier alpha value is -1.74. The van der Waals surface area contributed by atoms with Gasteiger partial charge in [-0.3, -0.25) is 19.1 Å². The zero-order valence-corrected chi connectivity index (χ0v) is 27.5. The number of carboxylic acid groups (broad SMARTS) is 1. The first kappa shape index (κ1) is 41.4. The Bertz CT molecular complexity index is 1290. The molecule has 47 heavy (non-hydrogen) atoms. The van der Waals surface area contributed by atoms with Crippen molar-refractivity contribution in [2.45, 2.75) is 119 Å². The third kappa shape index (κ3) is 11.4. The summed E-state index contributed by atoms with van der Waals surface area (Å²) in [6.07, 6.45) is -13.1. The Labute approximate surface area is 270 Å². The minimum atomic E-state index is -5.22. The Morgan fingerprint density at radius 1 is 0.745 bits per heavy atom. The summed E-state index contributed by atoms with van der Waals surface area (Å²) in [4.78, 5) is 23.4. The fraction of sp³-hybridized carbons (Fsp3) is 0.926. The summed E-state index contributed by atoms with van der Waals surface area (Å²) >= 11 is 0. The smallest absolute Gasteiger partial charge is 0.417 e. The van der Waals surface area contributed by atoms with E-state index in [1.807, 2.05) is 0 Å². The van der Waals surface area contributed by atoms with Gasteiger partial charge in [-0.2, -0.15) is 26.3 Å². The highest BCUT2D eigenvalue weighted by Crippen LogP contribution is 2.47. The van der Waals surface area contributed by atoms with Gasteiger partial charge in [0.1, 0.15) is 18.2 Å². The molecule has 0 heterocycles. The number of nitrogens with one attached hydrogen (secondary N) is 2. The van der Waals surface area contributed by atoms with Gasteiger partial charge in [0.15, 0.2) is 11.2 Å². The van der Waals surface area contributed by atoms with Gasteiger partial charge < -0.3 is 31.5 Å². The van der Waals surface area contributed by atoms with Crippen LogP contribution >= 0.6 is 0 Å². The third-order valence-electron chi connectivity index (χ3n) is 9.37. The molecule has 2 aliphatic rings. The van der Waals surface area contributed by atoms with Gasteiger partial charge in [0.2, 0.25) is 0 Å². The van der Waals surface area contributed by atoms with Crippen molar-refractivity contribution in [3.8, 4) is 0 Å². The van der Waals surface area contributed by atoms with Crippen molar-refractivity contribution in [1.82, 2.24) is 0 Å². The van der Waals surface area contributed by atoms with Gasteiger partial charge in [-0.05, 0) is 63.7 Å². The van der Waals surface area contributed by atoms with Crippen LogP contribution in [0.15, 0.2) is 0 Å². The Morgan fingerprint density at radius 3 is 1.64 bits per heavy atom. The molecule has 20 heteroatoms. The number of carbonyl (C=O) groups is 2. The van der Waals surface area contributed by atoms with Gasteiger partial charge >= 0.3 is 24.3 Å². The molecule has 0 aromatic rings. The molecule has 276 valence electrons. The average molecular weight is 733 g/mol. The highest BCUT2D eigenvalue weighted by Gasteiger charge is 2.60. The maximum absolute atomic E-state index is 14.0. The van der Waals surface area contributed by atoms with E-state index in [2.05, 4.69) is 0 Å². The maximum atomic E-state index is 14.0. The molecule has 8 atom stereocenters. The zero-order chi connectivity index (χ0) is 36.1. The molecule has 0 aliphatic heterocycles. The number of halogens is 6. The molecule has 0 saturated heterocycles. The molecule has 2 fully saturated rings. The second kappa shape index (κ2) is 15.9. The van der Waals surface area contributed by atoms with Crippen LogP contribution < -0.4 is 11.5 Å². The average Bonchev–Trinajstić information content (AvgIpc) is 3.44. The van der Waals surface area contributed by atoms with E-state index in [4.69, 9.17) is 30.9 Å². The number of hydrogen-bond donors (Lipinski definition) is 7. The lowest BCUT2D eigenvalue weighted by Gasteiger charge is -2.40. The first-order valence-electron chi connectivity index (χ1n) is 15.3. The third-order valence-corrected chi connectivity index (χ3v) is 12.9. The van der Waals surface area contributed by atoms with E-state index >= 15 is 0 Å². The van der Waals surface area contributed by atoms with Crippen LogP contribution in [0.3, 0.4) is 0 Å². The fourth-order valence-corrected chi connectivity index (χ4v) is 9.15. The summed E-state index contributed by atoms with van der Waals surface area (Å²) in [5, 5.41) is 30.1. The van der Waals surface area contributed by atoms with Crippen LogP contribution in [0, 0.1) is 21.4 Å². The van der Waals surface area contributed by atoms with Crippen molar-refractivity contribution in [2.75, 3.05) is 23.0 Å². The summed E-state index contributed by atoms with van der Waals surface area (Å²) in [6, 6.07) is -2.97. The van der Waals surface area contributed by atoms with E-state index < -0.39 is 140 Å². The van der Waals surface area contributed by atoms with Crippen molar-refractivity contribution in [3.63, 3.8) is 0 Å². The van der Waals surface area contributed by atoms with Crippen molar-refractivity contribution in [1.29, 1.82) is 9.56 Å². The minimum Gasteiger partial charge on any atom is -0.480 e. The number of carboxylic acids is 1. The summed E-state index contributed by atoms with van der Waals surface area (Å²) in [6.45, 7) is 0. The van der Waals surface area contributed by atoms with Crippen molar-refractivity contribution >= 4 is 31.4 Å². The molecule has 2 saturated carbocycles. The highest BCUT2D eigenvalue weighted by atomic mass is 32.2. The number of rotatable bonds is 17. The van der Waals surface area contributed by atoms with E-state index in [9.17, 15) is 54.6 Å². The molecular formula is C27H46F6N4O8S2. The van der Waals surface area contributed by atoms with Crippen LogP contribution in [-0.2, 0) is 33.8 Å². The van der Waals surface area contributed by atoms with Gasteiger partial charge in [-0.15, -0.1) is 0 Å². The molecule has 0 bridgehead atoms. The number of esters is 1. The van der Waals surface area contributed by atoms with Crippen LogP contribution in [0.5, 0.6) is 0 Å². The fourth-order valence-electron chi connectivity index (χ4n) is 6.19. The number of carbonyl (C=O) groups excluding carboxylic acids is 1. The van der Waals surface area contributed by atoms with Crippen LogP contribution in [0.1, 0.15) is 77.0 Å². The molecular weight excluding hydrogens is 686 g/mol. The summed E-state index contributed by atoms with van der Waals surface area (Å²) in [5.41, 5.74) is 4.57. The van der Waals surface area contributed by atoms with Gasteiger partial charge in [0, 0.05) is 48.4 Å². The predicted octanol–water partition coefficient (Wildman–Crippen LogP) is 3.26. The Kier molecular flexibility index (Phi) is 14.0. The lowest BCUT2D eigenvalue weighted by atomic mass is 9.75. The molecule has 0 spiro atoms. The largest absolute Gasteiger partial charge is 0.480 e. The van der Waals surface area contributed by atoms with Crippen LogP contribution in [0.2, 0.25) is 0 Å². The van der Waals surface area contributed by atoms with E-state index in [0.717, 1.165) is 6.42 Å². The summed E-state index contributed by atoms with van der Waals surface area (Å²) in [7, 11) is -7.46. The monoisotopic (exact) mass is 732 g/mol. The van der Waals surface area contributed by atoms with Crippen molar-refractivity contribution in [2.24, 2.45) is 23.3 Å². The number of alkyl halides is 6. The first-order valence-corrected chi connectivity index (χ1v) is 19.1. The molecule has 9 N–H and O–H groups in total. The van der Waals surface area contributed by atoms with Crippen LogP contribution in [0.4, 0.5) is 26.3 Å². The SMILES string of the molecule is N=S(=O)(CC[C@H](N)C(=O)O)CCC(O)(C1CCC(OC(=O)[C@@H](N)CCS(=N)(=O)CCC(O)(C2CCCCC2)C(F)(F)F)C1)C(F)(F)F. The molecule has 6 unspecified atom stereocenters. The first-order chi connectivity index (χ1) is 21.3. The number of hydrogen-bond acceptors (Lipinski definition) is 11. The van der Waals surface area contributed by atoms with Crippen molar-refractivity contribution < 1.29 is 64.4 Å². The lowest BCUT2D eigenvalue weighted by Crippen LogP contribution is -2.53. The lowest BCUT2D eigenvalue weighted by molar-refractivity contribution is -0.283. The second-order valence-corrected chi connectivity index (χ2v) is 17.7. The summed E-state index contributed by atoms with van der Waals surface area (Å²) < 4.78 is 130. The van der Waals surface area contributed by atoms with Crippen LogP contribution in [0.25, 0.3) is 0 Å². The minimum absolute atomic E-state index is 0.113. The molecule has 0 aromatic carbocycles. The number of ether oxygens (including phenoxy) is 1. The molecule has 0 aromatic heterocycles. The number of aliphatic hydroxyl groups is 2. The normalized spacial score (nSPS) is 26.3. The quantitative estimate of drug-likeness (QED) is 0.0851. The summed E-state index contributed by atoms with van der Waals surface area (Å²) in [5.74, 6) is -8.02. The molecule has 2 aliphatic carbocycles. The van der Waals surface area contributed by atoms with E-state index in [0.29, 0.717) is 12.8 Å². The van der Waals surface area contributed by atoms with Gasteiger partial charge in [-0.25, -0.2) is 8.42 Å². The number of aliphatic carboxylic acids is 1. The second-order valence-electron chi connectivity index (χ2n) is 12.8. The molecule has 12 nitrogen and oxygen atoms in total.